The van der Waals surface area contributed by atoms with E-state index in [0.717, 1.165) is 24.0 Å². The Labute approximate surface area is 103 Å². The molecule has 5 nitrogen and oxygen atoms in total. The Bertz CT molecular complexity index is 370. The number of nitrogens with two attached hydrogens (primary N) is 1. The summed E-state index contributed by atoms with van der Waals surface area (Å²) < 4.78 is 0. The third-order valence-electron chi connectivity index (χ3n) is 2.62. The Morgan fingerprint density at radius 1 is 1.35 bits per heavy atom. The highest BCUT2D eigenvalue weighted by atomic mass is 15.2. The topological polar surface area (TPSA) is 67.1 Å². The maximum Gasteiger partial charge on any atom is 0.134 e. The van der Waals surface area contributed by atoms with E-state index >= 15 is 0 Å². The van der Waals surface area contributed by atoms with Gasteiger partial charge >= 0.3 is 0 Å². The fraction of sp³-hybridized carbons (Fsp3) is 0.667. The van der Waals surface area contributed by atoms with E-state index in [1.807, 2.05) is 20.0 Å². The average molecular weight is 237 g/mol. The monoisotopic (exact) mass is 237 g/mol. The Kier molecular flexibility index (Phi) is 4.28. The molecular formula is C12H23N5. The second-order valence-corrected chi connectivity index (χ2v) is 5.10. The van der Waals surface area contributed by atoms with E-state index in [1.165, 1.54) is 0 Å². The van der Waals surface area contributed by atoms with Gasteiger partial charge in [-0.05, 0) is 27.7 Å². The zero-order valence-corrected chi connectivity index (χ0v) is 11.4. The minimum atomic E-state index is 0.0337. The number of aryl methyl sites for hydroxylation is 1. The van der Waals surface area contributed by atoms with E-state index in [2.05, 4.69) is 41.0 Å². The standard InChI is InChI=1S/C12H23N5/c1-9-15-10(14-7-6-13)8-11(16-9)17(5)12(2,3)4/h8H,6-7,13H2,1-5H3,(H,14,15,16). The molecule has 0 aromatic carbocycles. The highest BCUT2D eigenvalue weighted by Crippen LogP contribution is 2.21. The van der Waals surface area contributed by atoms with Gasteiger partial charge in [0, 0.05) is 31.7 Å². The summed E-state index contributed by atoms with van der Waals surface area (Å²) >= 11 is 0. The number of hydrogen-bond acceptors (Lipinski definition) is 5. The second kappa shape index (κ2) is 5.31. The fourth-order valence-corrected chi connectivity index (χ4v) is 1.36. The first kappa shape index (κ1) is 13.7. The van der Waals surface area contributed by atoms with Crippen LogP contribution in [0.2, 0.25) is 0 Å². The number of rotatable bonds is 4. The highest BCUT2D eigenvalue weighted by Gasteiger charge is 2.19. The maximum atomic E-state index is 5.47. The maximum absolute atomic E-state index is 5.47. The summed E-state index contributed by atoms with van der Waals surface area (Å²) in [6.07, 6.45) is 0. The molecule has 17 heavy (non-hydrogen) atoms. The van der Waals surface area contributed by atoms with Gasteiger partial charge < -0.3 is 16.0 Å². The molecule has 0 bridgehead atoms. The SMILES string of the molecule is Cc1nc(NCCN)cc(N(C)C(C)(C)C)n1. The van der Waals surface area contributed by atoms with Crippen molar-refractivity contribution in [1.29, 1.82) is 0 Å². The minimum Gasteiger partial charge on any atom is -0.369 e. The molecule has 1 heterocycles. The van der Waals surface area contributed by atoms with E-state index in [0.29, 0.717) is 6.54 Å². The molecule has 0 atom stereocenters. The number of nitrogens with zero attached hydrogens (tertiary/aromatic N) is 3. The lowest BCUT2D eigenvalue weighted by atomic mass is 10.1. The molecule has 0 unspecified atom stereocenters. The first-order valence-electron chi connectivity index (χ1n) is 5.88. The summed E-state index contributed by atoms with van der Waals surface area (Å²) in [5.41, 5.74) is 5.50. The minimum absolute atomic E-state index is 0.0337. The van der Waals surface area contributed by atoms with Gasteiger partial charge in [0.05, 0.1) is 0 Å². The van der Waals surface area contributed by atoms with Crippen LogP contribution in [0.3, 0.4) is 0 Å². The summed E-state index contributed by atoms with van der Waals surface area (Å²) in [5.74, 6) is 2.51. The van der Waals surface area contributed by atoms with E-state index in [1.54, 1.807) is 0 Å². The van der Waals surface area contributed by atoms with Gasteiger partial charge in [-0.3, -0.25) is 0 Å². The zero-order valence-electron chi connectivity index (χ0n) is 11.4. The molecule has 0 amide bonds. The highest BCUT2D eigenvalue weighted by molar-refractivity contribution is 5.50. The van der Waals surface area contributed by atoms with Crippen LogP contribution in [-0.4, -0.2) is 35.6 Å². The van der Waals surface area contributed by atoms with Crippen LogP contribution in [0, 0.1) is 6.92 Å². The van der Waals surface area contributed by atoms with Crippen LogP contribution < -0.4 is 16.0 Å². The first-order chi connectivity index (χ1) is 7.84. The quantitative estimate of drug-likeness (QED) is 0.828. The largest absolute Gasteiger partial charge is 0.369 e. The lowest BCUT2D eigenvalue weighted by Crippen LogP contribution is -2.38. The van der Waals surface area contributed by atoms with Crippen molar-refractivity contribution < 1.29 is 0 Å². The summed E-state index contributed by atoms with van der Waals surface area (Å²) in [7, 11) is 2.04. The van der Waals surface area contributed by atoms with Crippen molar-refractivity contribution in [2.45, 2.75) is 33.2 Å². The Balaban J connectivity index is 2.96. The summed E-state index contributed by atoms with van der Waals surface area (Å²) in [6, 6.07) is 1.95. The van der Waals surface area contributed by atoms with Gasteiger partial charge in [-0.1, -0.05) is 0 Å². The van der Waals surface area contributed by atoms with E-state index in [-0.39, 0.29) is 5.54 Å². The van der Waals surface area contributed by atoms with Crippen molar-refractivity contribution in [2.24, 2.45) is 5.73 Å². The lowest BCUT2D eigenvalue weighted by molar-refractivity contribution is 0.533. The first-order valence-corrected chi connectivity index (χ1v) is 5.88. The fourth-order valence-electron chi connectivity index (χ4n) is 1.36. The number of nitrogens with one attached hydrogen (secondary N) is 1. The molecule has 5 heteroatoms. The molecule has 1 rings (SSSR count). The van der Waals surface area contributed by atoms with Gasteiger partial charge in [0.2, 0.25) is 0 Å². The van der Waals surface area contributed by atoms with Crippen molar-refractivity contribution in [1.82, 2.24) is 9.97 Å². The third-order valence-corrected chi connectivity index (χ3v) is 2.62. The lowest BCUT2D eigenvalue weighted by Gasteiger charge is -2.33. The second-order valence-electron chi connectivity index (χ2n) is 5.10. The predicted octanol–water partition coefficient (Wildman–Crippen LogP) is 1.39. The van der Waals surface area contributed by atoms with Gasteiger partial charge in [-0.25, -0.2) is 9.97 Å². The molecule has 0 aliphatic rings. The molecule has 0 aliphatic heterocycles. The number of hydrogen-bond donors (Lipinski definition) is 2. The molecule has 3 N–H and O–H groups in total. The Morgan fingerprint density at radius 3 is 2.53 bits per heavy atom. The normalized spacial score (nSPS) is 11.4. The third kappa shape index (κ3) is 3.85. The van der Waals surface area contributed by atoms with Crippen molar-refractivity contribution in [3.63, 3.8) is 0 Å². The number of anilines is 2. The molecule has 96 valence electrons. The molecule has 1 aromatic heterocycles. The van der Waals surface area contributed by atoms with Crippen molar-refractivity contribution in [3.8, 4) is 0 Å². The predicted molar refractivity (Wildman–Crippen MR) is 72.5 cm³/mol. The molecule has 0 saturated carbocycles. The van der Waals surface area contributed by atoms with Crippen LogP contribution in [0.4, 0.5) is 11.6 Å². The van der Waals surface area contributed by atoms with Gasteiger partial charge in [0.15, 0.2) is 0 Å². The Hall–Kier alpha value is -1.36. The molecule has 0 aliphatic carbocycles. The van der Waals surface area contributed by atoms with Crippen molar-refractivity contribution in [2.75, 3.05) is 30.4 Å². The number of aromatic nitrogens is 2. The van der Waals surface area contributed by atoms with Crippen molar-refractivity contribution >= 4 is 11.6 Å². The molecule has 0 saturated heterocycles. The van der Waals surface area contributed by atoms with Gasteiger partial charge in [0.25, 0.3) is 0 Å². The summed E-state index contributed by atoms with van der Waals surface area (Å²) in [6.45, 7) is 9.66. The van der Waals surface area contributed by atoms with Crippen LogP contribution >= 0.6 is 0 Å². The van der Waals surface area contributed by atoms with Crippen LogP contribution in [-0.2, 0) is 0 Å². The van der Waals surface area contributed by atoms with E-state index in [4.69, 9.17) is 5.73 Å². The smallest absolute Gasteiger partial charge is 0.134 e. The van der Waals surface area contributed by atoms with Gasteiger partial charge in [-0.2, -0.15) is 0 Å². The van der Waals surface area contributed by atoms with E-state index in [9.17, 15) is 0 Å². The van der Waals surface area contributed by atoms with Crippen LogP contribution in [0.15, 0.2) is 6.07 Å². The van der Waals surface area contributed by atoms with E-state index < -0.39 is 0 Å². The zero-order chi connectivity index (χ0) is 13.1. The average Bonchev–Trinajstić information content (AvgIpc) is 2.23. The summed E-state index contributed by atoms with van der Waals surface area (Å²) in [5, 5.41) is 3.18. The van der Waals surface area contributed by atoms with Crippen LogP contribution in [0.1, 0.15) is 26.6 Å². The van der Waals surface area contributed by atoms with Gasteiger partial charge in [-0.15, -0.1) is 0 Å². The van der Waals surface area contributed by atoms with Crippen LogP contribution in [0.5, 0.6) is 0 Å². The van der Waals surface area contributed by atoms with Crippen LogP contribution in [0.25, 0.3) is 0 Å². The molecular weight excluding hydrogens is 214 g/mol. The molecule has 0 spiro atoms. The Morgan fingerprint density at radius 2 is 2.00 bits per heavy atom. The van der Waals surface area contributed by atoms with Gasteiger partial charge in [0.1, 0.15) is 17.5 Å². The molecule has 0 fully saturated rings. The van der Waals surface area contributed by atoms with Crippen molar-refractivity contribution in [3.05, 3.63) is 11.9 Å². The molecule has 0 radical (unpaired) electrons. The molecule has 1 aromatic rings. The summed E-state index contributed by atoms with van der Waals surface area (Å²) in [4.78, 5) is 10.9.